The van der Waals surface area contributed by atoms with Crippen LogP contribution in [0, 0.1) is 5.92 Å². The van der Waals surface area contributed by atoms with E-state index in [-0.39, 0.29) is 11.3 Å². The van der Waals surface area contributed by atoms with Gasteiger partial charge in [-0.05, 0) is 59.4 Å². The molecule has 57 heavy (non-hydrogen) atoms. The van der Waals surface area contributed by atoms with Crippen molar-refractivity contribution in [3.05, 3.63) is 202 Å². The number of hydrogen-bond donors (Lipinski definition) is 0. The number of aromatic nitrogens is 4. The summed E-state index contributed by atoms with van der Waals surface area (Å²) in [5.74, 6) is 2.37. The predicted octanol–water partition coefficient (Wildman–Crippen LogP) is 10.7. The third-order valence-electron chi connectivity index (χ3n) is 12.3. The van der Waals surface area contributed by atoms with Crippen LogP contribution in [0.15, 0.2) is 164 Å². The van der Waals surface area contributed by atoms with Crippen molar-refractivity contribution in [3.8, 4) is 28.7 Å². The molecule has 2 aromatic heterocycles. The molecule has 3 heterocycles. The van der Waals surface area contributed by atoms with Gasteiger partial charge in [0.2, 0.25) is 5.95 Å². The van der Waals surface area contributed by atoms with E-state index in [0.717, 1.165) is 35.0 Å². The van der Waals surface area contributed by atoms with E-state index in [1.165, 1.54) is 50.1 Å². The van der Waals surface area contributed by atoms with Gasteiger partial charge in [0, 0.05) is 50.5 Å². The lowest BCUT2D eigenvalue weighted by Gasteiger charge is -2.42. The average Bonchev–Trinajstić information content (AvgIpc) is 3.63. The maximum absolute atomic E-state index is 5.33. The fraction of sp³-hybridized carbons (Fsp3) is 0.135. The van der Waals surface area contributed by atoms with Crippen LogP contribution in [0.5, 0.6) is 0 Å². The van der Waals surface area contributed by atoms with Crippen LogP contribution in [0.25, 0.3) is 46.4 Å². The zero-order valence-corrected chi connectivity index (χ0v) is 32.0. The first kappa shape index (κ1) is 33.5. The number of hydrogen-bond acceptors (Lipinski definition) is 4. The summed E-state index contributed by atoms with van der Waals surface area (Å²) in [7, 11) is 0. The van der Waals surface area contributed by atoms with Gasteiger partial charge in [-0.25, -0.2) is 4.98 Å². The van der Waals surface area contributed by atoms with Crippen molar-refractivity contribution >= 4 is 34.8 Å². The molecule has 5 nitrogen and oxygen atoms in total. The highest BCUT2D eigenvalue weighted by Gasteiger charge is 2.38. The summed E-state index contributed by atoms with van der Waals surface area (Å²) >= 11 is 0. The lowest BCUT2D eigenvalue weighted by molar-refractivity contribution is 0.628. The molecule has 7 aromatic rings. The molecule has 3 aliphatic carbocycles. The molecular formula is C52H41N5. The summed E-state index contributed by atoms with van der Waals surface area (Å²) in [5, 5.41) is 2.45. The molecule has 11 rings (SSSR count). The number of benzene rings is 5. The maximum Gasteiger partial charge on any atom is 0.238 e. The molecular weight excluding hydrogens is 695 g/mol. The zero-order chi connectivity index (χ0) is 38.1. The quantitative estimate of drug-likeness (QED) is 0.177. The van der Waals surface area contributed by atoms with E-state index in [0.29, 0.717) is 23.5 Å². The summed E-state index contributed by atoms with van der Waals surface area (Å²) < 4.78 is 2.38. The molecule has 5 heteroatoms. The van der Waals surface area contributed by atoms with Crippen molar-refractivity contribution in [1.82, 2.24) is 19.5 Å². The zero-order valence-electron chi connectivity index (χ0n) is 32.0. The van der Waals surface area contributed by atoms with Gasteiger partial charge in [-0.1, -0.05) is 166 Å². The fourth-order valence-electron chi connectivity index (χ4n) is 9.57. The van der Waals surface area contributed by atoms with E-state index in [1.807, 2.05) is 36.4 Å². The largest absolute Gasteiger partial charge is 0.310 e. The molecule has 0 N–H and O–H groups in total. The van der Waals surface area contributed by atoms with Crippen molar-refractivity contribution in [3.63, 3.8) is 0 Å². The Balaban J connectivity index is 1.17. The van der Waals surface area contributed by atoms with Crippen molar-refractivity contribution < 1.29 is 0 Å². The molecule has 0 saturated heterocycles. The highest BCUT2D eigenvalue weighted by molar-refractivity contribution is 5.86. The Bertz CT molecular complexity index is 2880. The Morgan fingerprint density at radius 3 is 2.04 bits per heavy atom. The monoisotopic (exact) mass is 735 g/mol. The second-order valence-electron chi connectivity index (χ2n) is 15.9. The first-order valence-corrected chi connectivity index (χ1v) is 20.0. The topological polar surface area (TPSA) is 46.8 Å². The Labute approximate surface area is 333 Å². The summed E-state index contributed by atoms with van der Waals surface area (Å²) in [6.07, 6.45) is 17.9. The van der Waals surface area contributed by atoms with Crippen LogP contribution >= 0.6 is 0 Å². The van der Waals surface area contributed by atoms with Gasteiger partial charge in [0.25, 0.3) is 0 Å². The molecule has 0 fully saturated rings. The minimum Gasteiger partial charge on any atom is -0.310 e. The Hall–Kier alpha value is -6.85. The van der Waals surface area contributed by atoms with Gasteiger partial charge in [0.1, 0.15) is 0 Å². The first-order chi connectivity index (χ1) is 28.0. The molecule has 0 radical (unpaired) electrons. The lowest BCUT2D eigenvalue weighted by atomic mass is 9.72. The van der Waals surface area contributed by atoms with Crippen LogP contribution in [0.1, 0.15) is 60.6 Å². The summed E-state index contributed by atoms with van der Waals surface area (Å²) in [6.45, 7) is 4.75. The maximum atomic E-state index is 5.33. The van der Waals surface area contributed by atoms with E-state index >= 15 is 0 Å². The Morgan fingerprint density at radius 1 is 0.632 bits per heavy atom. The number of para-hydroxylation sites is 2. The smallest absolute Gasteiger partial charge is 0.238 e. The fourth-order valence-corrected chi connectivity index (χ4v) is 9.57. The number of allylic oxidation sites excluding steroid dienone is 5. The minimum absolute atomic E-state index is 0.0618. The second-order valence-corrected chi connectivity index (χ2v) is 15.9. The standard InChI is InChI=1S/C52H41N5/c1-52(2)42-27-14-15-28-44(42)56(38-22-10-5-11-23-38)45-31-30-37(33-43(45)52)40-25-16-26-41-47-39-24-13-12-17-34(39)29-32-46(47)57(48(40)41)51-54-49(35-18-6-3-7-19-35)53-50(55-51)36-20-8-4-9-21-36/h3-24,26-28,30-34,40H,25,29H2,1-2H3. The highest BCUT2D eigenvalue weighted by atomic mass is 15.2. The number of rotatable bonds is 5. The molecule has 2 unspecified atom stereocenters. The molecule has 1 aliphatic heterocycles. The van der Waals surface area contributed by atoms with Crippen LogP contribution < -0.4 is 15.5 Å². The number of nitrogens with zero attached hydrogens (tertiary/aromatic N) is 5. The normalized spacial score (nSPS) is 18.2. The van der Waals surface area contributed by atoms with E-state index in [4.69, 9.17) is 15.0 Å². The Kier molecular flexibility index (Phi) is 7.71. The first-order valence-electron chi connectivity index (χ1n) is 20.0. The van der Waals surface area contributed by atoms with Gasteiger partial charge in [-0.2, -0.15) is 9.97 Å². The number of anilines is 3. The van der Waals surface area contributed by atoms with Crippen molar-refractivity contribution in [2.24, 2.45) is 5.92 Å². The average molecular weight is 736 g/mol. The van der Waals surface area contributed by atoms with E-state index < -0.39 is 0 Å². The SMILES string of the molecule is CC1(C)c2ccccc2N(c2ccccc2)c2ccc(C3CC=Cc4c3n(-c3nc(-c5ccccc5)nc(-c5ccccc5)n3)c3c4=C4C=CC=CC4CC=3)cc21. The lowest BCUT2D eigenvalue weighted by Crippen LogP contribution is -2.36. The van der Waals surface area contributed by atoms with Crippen LogP contribution in [-0.2, 0) is 5.41 Å². The Morgan fingerprint density at radius 2 is 1.30 bits per heavy atom. The van der Waals surface area contributed by atoms with Gasteiger partial charge in [-0.3, -0.25) is 4.57 Å². The van der Waals surface area contributed by atoms with Crippen LogP contribution in [0.2, 0.25) is 0 Å². The van der Waals surface area contributed by atoms with Crippen LogP contribution in [0.3, 0.4) is 0 Å². The second kappa shape index (κ2) is 13.1. The summed E-state index contributed by atoms with van der Waals surface area (Å²) in [5.41, 5.74) is 13.1. The third-order valence-corrected chi connectivity index (χ3v) is 12.3. The van der Waals surface area contributed by atoms with Crippen molar-refractivity contribution in [2.45, 2.75) is 38.0 Å². The van der Waals surface area contributed by atoms with Gasteiger partial charge < -0.3 is 4.90 Å². The van der Waals surface area contributed by atoms with Crippen LogP contribution in [-0.4, -0.2) is 19.5 Å². The summed E-state index contributed by atoms with van der Waals surface area (Å²) in [4.78, 5) is 18.2. The minimum atomic E-state index is -0.221. The van der Waals surface area contributed by atoms with Gasteiger partial charge in [-0.15, -0.1) is 0 Å². The molecule has 0 spiro atoms. The van der Waals surface area contributed by atoms with Crippen molar-refractivity contribution in [2.75, 3.05) is 4.90 Å². The molecule has 5 aromatic carbocycles. The van der Waals surface area contributed by atoms with Crippen LogP contribution in [0.4, 0.5) is 17.1 Å². The predicted molar refractivity (Wildman–Crippen MR) is 232 cm³/mol. The summed E-state index contributed by atoms with van der Waals surface area (Å²) in [6, 6.07) is 47.4. The van der Waals surface area contributed by atoms with Gasteiger partial charge in [0.15, 0.2) is 11.6 Å². The van der Waals surface area contributed by atoms with Gasteiger partial charge >= 0.3 is 0 Å². The molecule has 0 saturated carbocycles. The van der Waals surface area contributed by atoms with E-state index in [2.05, 4.69) is 163 Å². The molecule has 0 bridgehead atoms. The molecule has 4 aliphatic rings. The van der Waals surface area contributed by atoms with Gasteiger partial charge in [0.05, 0.1) is 16.7 Å². The van der Waals surface area contributed by atoms with Crippen molar-refractivity contribution in [1.29, 1.82) is 0 Å². The molecule has 0 amide bonds. The highest BCUT2D eigenvalue weighted by Crippen LogP contribution is 2.53. The third kappa shape index (κ3) is 5.33. The van der Waals surface area contributed by atoms with E-state index in [1.54, 1.807) is 0 Å². The molecule has 274 valence electrons. The van der Waals surface area contributed by atoms with E-state index in [9.17, 15) is 0 Å². The number of fused-ring (bicyclic) bond motifs is 6. The molecule has 2 atom stereocenters.